The van der Waals surface area contributed by atoms with E-state index >= 15 is 0 Å². The van der Waals surface area contributed by atoms with E-state index < -0.39 is 40.4 Å². The molecule has 33 heavy (non-hydrogen) atoms. The lowest BCUT2D eigenvalue weighted by Gasteiger charge is -2.33. The Morgan fingerprint density at radius 2 is 1.55 bits per heavy atom. The van der Waals surface area contributed by atoms with Crippen LogP contribution in [0.5, 0.6) is 11.5 Å². The van der Waals surface area contributed by atoms with Crippen molar-refractivity contribution in [1.29, 1.82) is 0 Å². The number of benzene rings is 2. The average molecular weight is 481 g/mol. The second-order valence-corrected chi connectivity index (χ2v) is 9.22. The molecule has 1 aliphatic heterocycles. The molecule has 0 aliphatic carbocycles. The lowest BCUT2D eigenvalue weighted by molar-refractivity contribution is -0.157. The third-order valence-corrected chi connectivity index (χ3v) is 7.00. The van der Waals surface area contributed by atoms with Crippen LogP contribution in [0.1, 0.15) is 6.92 Å². The van der Waals surface area contributed by atoms with E-state index in [-0.39, 0.29) is 31.1 Å². The van der Waals surface area contributed by atoms with Gasteiger partial charge in [-0.25, -0.2) is 17.6 Å². The van der Waals surface area contributed by atoms with Crippen LogP contribution in [0.2, 0.25) is 0 Å². The van der Waals surface area contributed by atoms with Crippen LogP contribution >= 0.6 is 0 Å². The number of nitrogens with zero attached hydrogens (tertiary/aromatic N) is 2. The van der Waals surface area contributed by atoms with Gasteiger partial charge in [-0.15, -0.1) is 0 Å². The highest BCUT2D eigenvalue weighted by atomic mass is 32.2. The van der Waals surface area contributed by atoms with Gasteiger partial charge in [-0.1, -0.05) is 0 Å². The van der Waals surface area contributed by atoms with Gasteiger partial charge < -0.3 is 19.1 Å². The highest BCUT2D eigenvalue weighted by Crippen LogP contribution is 2.19. The van der Waals surface area contributed by atoms with Crippen molar-refractivity contribution in [2.75, 3.05) is 39.9 Å². The standard InChI is InChI=1S/C22H25FN2O7S/c1-16(32-19-7-5-18(30-2)6-8-19)22(27)31-15-21(26)24-11-13-25(14-12-24)33(28,29)20-9-3-17(23)4-10-20/h3-10,16H,11-15H2,1-2H3. The number of amides is 1. The summed E-state index contributed by atoms with van der Waals surface area (Å²) < 4.78 is 55.3. The fraction of sp³-hybridized carbons (Fsp3) is 0.364. The first-order valence-electron chi connectivity index (χ1n) is 10.2. The number of carbonyl (C=O) groups excluding carboxylic acids is 2. The fourth-order valence-electron chi connectivity index (χ4n) is 3.18. The van der Waals surface area contributed by atoms with E-state index in [1.165, 1.54) is 35.4 Å². The smallest absolute Gasteiger partial charge is 0.347 e. The van der Waals surface area contributed by atoms with E-state index in [1.54, 1.807) is 24.3 Å². The Morgan fingerprint density at radius 1 is 0.970 bits per heavy atom. The molecule has 1 amide bonds. The number of rotatable bonds is 8. The van der Waals surface area contributed by atoms with Crippen LogP contribution in [0.3, 0.4) is 0 Å². The average Bonchev–Trinajstić information content (AvgIpc) is 2.83. The van der Waals surface area contributed by atoms with E-state index in [0.717, 1.165) is 12.1 Å². The molecular formula is C22H25FN2O7S. The summed E-state index contributed by atoms with van der Waals surface area (Å²) >= 11 is 0. The third kappa shape index (κ3) is 6.20. The summed E-state index contributed by atoms with van der Waals surface area (Å²) in [6.07, 6.45) is -0.927. The maximum atomic E-state index is 13.1. The maximum absolute atomic E-state index is 13.1. The molecule has 11 heteroatoms. The number of halogens is 1. The molecule has 2 aromatic rings. The zero-order chi connectivity index (χ0) is 24.0. The normalized spacial score (nSPS) is 15.5. The van der Waals surface area contributed by atoms with Gasteiger partial charge in [-0.05, 0) is 55.5 Å². The van der Waals surface area contributed by atoms with Gasteiger partial charge in [-0.2, -0.15) is 4.31 Å². The van der Waals surface area contributed by atoms with E-state index in [4.69, 9.17) is 14.2 Å². The van der Waals surface area contributed by atoms with Gasteiger partial charge in [0.05, 0.1) is 12.0 Å². The topological polar surface area (TPSA) is 102 Å². The lowest BCUT2D eigenvalue weighted by Crippen LogP contribution is -2.51. The molecule has 1 aliphatic rings. The Hall–Kier alpha value is -3.18. The molecule has 0 spiro atoms. The molecule has 0 saturated carbocycles. The van der Waals surface area contributed by atoms with Crippen molar-refractivity contribution in [2.45, 2.75) is 17.9 Å². The molecule has 1 fully saturated rings. The van der Waals surface area contributed by atoms with E-state index in [0.29, 0.717) is 11.5 Å². The van der Waals surface area contributed by atoms with E-state index in [2.05, 4.69) is 0 Å². The molecule has 9 nitrogen and oxygen atoms in total. The van der Waals surface area contributed by atoms with Gasteiger partial charge in [0.2, 0.25) is 10.0 Å². The van der Waals surface area contributed by atoms with Crippen molar-refractivity contribution < 1.29 is 36.6 Å². The molecule has 178 valence electrons. The molecule has 0 N–H and O–H groups in total. The molecule has 0 bridgehead atoms. The fourth-order valence-corrected chi connectivity index (χ4v) is 4.60. The van der Waals surface area contributed by atoms with E-state index in [1.807, 2.05) is 0 Å². The first kappa shape index (κ1) is 24.5. The Bertz CT molecular complexity index is 1070. The number of hydrogen-bond donors (Lipinski definition) is 0. The molecule has 0 radical (unpaired) electrons. The summed E-state index contributed by atoms with van der Waals surface area (Å²) in [4.78, 5) is 26.0. The SMILES string of the molecule is COc1ccc(OC(C)C(=O)OCC(=O)N2CCN(S(=O)(=O)c3ccc(F)cc3)CC2)cc1. The Labute approximate surface area is 191 Å². The lowest BCUT2D eigenvalue weighted by atomic mass is 10.3. The van der Waals surface area contributed by atoms with Gasteiger partial charge in [0.15, 0.2) is 12.7 Å². The second kappa shape index (κ2) is 10.6. The van der Waals surface area contributed by atoms with Crippen molar-refractivity contribution in [3.8, 4) is 11.5 Å². The molecular weight excluding hydrogens is 455 g/mol. The zero-order valence-electron chi connectivity index (χ0n) is 18.3. The number of methoxy groups -OCH3 is 1. The van der Waals surface area contributed by atoms with Gasteiger partial charge in [0, 0.05) is 26.2 Å². The number of sulfonamides is 1. The monoisotopic (exact) mass is 480 g/mol. The highest BCUT2D eigenvalue weighted by Gasteiger charge is 2.30. The van der Waals surface area contributed by atoms with Crippen LogP contribution in [0, 0.1) is 5.82 Å². The summed E-state index contributed by atoms with van der Waals surface area (Å²) in [5.74, 6) is -0.558. The Balaban J connectivity index is 1.45. The molecule has 2 aromatic carbocycles. The van der Waals surface area contributed by atoms with Crippen molar-refractivity contribution >= 4 is 21.9 Å². The minimum atomic E-state index is -3.78. The van der Waals surface area contributed by atoms with Crippen LogP contribution in [-0.4, -0.2) is 75.5 Å². The van der Waals surface area contributed by atoms with Gasteiger partial charge in [0.25, 0.3) is 5.91 Å². The zero-order valence-corrected chi connectivity index (χ0v) is 19.1. The van der Waals surface area contributed by atoms with Crippen molar-refractivity contribution in [3.63, 3.8) is 0 Å². The Kier molecular flexibility index (Phi) is 7.88. The number of carbonyl (C=O) groups is 2. The number of hydrogen-bond acceptors (Lipinski definition) is 7. The van der Waals surface area contributed by atoms with Crippen LogP contribution in [0.25, 0.3) is 0 Å². The van der Waals surface area contributed by atoms with Crippen LogP contribution in [0.4, 0.5) is 4.39 Å². The van der Waals surface area contributed by atoms with Gasteiger partial charge in [0.1, 0.15) is 17.3 Å². The minimum absolute atomic E-state index is 0.0107. The van der Waals surface area contributed by atoms with Crippen LogP contribution in [-0.2, 0) is 24.3 Å². The largest absolute Gasteiger partial charge is 0.497 e. The molecule has 1 atom stereocenters. The molecule has 0 aromatic heterocycles. The number of ether oxygens (including phenoxy) is 3. The first-order chi connectivity index (χ1) is 15.7. The first-order valence-corrected chi connectivity index (χ1v) is 11.7. The molecule has 1 saturated heterocycles. The summed E-state index contributed by atoms with van der Waals surface area (Å²) in [5, 5.41) is 0. The summed E-state index contributed by atoms with van der Waals surface area (Å²) in [6.45, 7) is 1.49. The summed E-state index contributed by atoms with van der Waals surface area (Å²) in [7, 11) is -2.24. The van der Waals surface area contributed by atoms with Crippen LogP contribution in [0.15, 0.2) is 53.4 Å². The maximum Gasteiger partial charge on any atom is 0.347 e. The predicted molar refractivity (Wildman–Crippen MR) is 116 cm³/mol. The minimum Gasteiger partial charge on any atom is -0.497 e. The van der Waals surface area contributed by atoms with Crippen LogP contribution < -0.4 is 9.47 Å². The van der Waals surface area contributed by atoms with Gasteiger partial charge >= 0.3 is 5.97 Å². The van der Waals surface area contributed by atoms with E-state index in [9.17, 15) is 22.4 Å². The summed E-state index contributed by atoms with van der Waals surface area (Å²) in [6, 6.07) is 11.2. The molecule has 1 unspecified atom stereocenters. The highest BCUT2D eigenvalue weighted by molar-refractivity contribution is 7.89. The predicted octanol–water partition coefficient (Wildman–Crippen LogP) is 1.68. The molecule has 3 rings (SSSR count). The number of esters is 1. The second-order valence-electron chi connectivity index (χ2n) is 7.28. The van der Waals surface area contributed by atoms with Crippen molar-refractivity contribution in [3.05, 3.63) is 54.3 Å². The summed E-state index contributed by atoms with van der Waals surface area (Å²) in [5.41, 5.74) is 0. The quantitative estimate of drug-likeness (QED) is 0.530. The Morgan fingerprint density at radius 3 is 2.12 bits per heavy atom. The number of piperazine rings is 1. The van der Waals surface area contributed by atoms with Crippen molar-refractivity contribution in [2.24, 2.45) is 0 Å². The molecule has 1 heterocycles. The van der Waals surface area contributed by atoms with Gasteiger partial charge in [-0.3, -0.25) is 4.79 Å². The third-order valence-electron chi connectivity index (χ3n) is 5.08. The van der Waals surface area contributed by atoms with Crippen molar-refractivity contribution in [1.82, 2.24) is 9.21 Å².